The van der Waals surface area contributed by atoms with E-state index >= 15 is 0 Å². The first-order valence-corrected chi connectivity index (χ1v) is 11.4. The molecule has 0 aliphatic heterocycles. The Bertz CT molecular complexity index is 1400. The fourth-order valence-electron chi connectivity index (χ4n) is 3.73. The van der Waals surface area contributed by atoms with Crippen LogP contribution in [0.25, 0.3) is 21.8 Å². The molecule has 2 N–H and O–H groups in total. The number of fused-ring (bicyclic) bond motifs is 3. The molecule has 4 rings (SSSR count). The molecule has 2 aromatic carbocycles. The minimum absolute atomic E-state index is 0.0342. The Balaban J connectivity index is 1.34. The average Bonchev–Trinajstić information content (AvgIpc) is 3.29. The number of anilines is 1. The van der Waals surface area contributed by atoms with Crippen molar-refractivity contribution in [1.29, 1.82) is 0 Å². The number of nitrogen functional groups attached to an aromatic ring is 1. The highest BCUT2D eigenvalue weighted by molar-refractivity contribution is 6.08. The van der Waals surface area contributed by atoms with Crippen molar-refractivity contribution >= 4 is 33.6 Å². The van der Waals surface area contributed by atoms with E-state index in [1.54, 1.807) is 0 Å². The van der Waals surface area contributed by atoms with Gasteiger partial charge in [-0.2, -0.15) is 13.9 Å². The first-order chi connectivity index (χ1) is 17.3. The van der Waals surface area contributed by atoms with Crippen molar-refractivity contribution in [2.75, 3.05) is 18.9 Å². The van der Waals surface area contributed by atoms with Gasteiger partial charge >= 0.3 is 5.97 Å². The second-order valence-electron chi connectivity index (χ2n) is 8.24. The number of hydrogen-bond donors (Lipinski definition) is 1. The largest absolute Gasteiger partial charge is 0.420 e. The normalized spacial score (nSPS) is 11.5. The van der Waals surface area contributed by atoms with Gasteiger partial charge in [0.1, 0.15) is 5.52 Å². The zero-order chi connectivity index (χ0) is 25.8. The van der Waals surface area contributed by atoms with E-state index < -0.39 is 35.0 Å². The molecule has 0 radical (unpaired) electrons. The van der Waals surface area contributed by atoms with Crippen molar-refractivity contribution in [1.82, 2.24) is 14.8 Å². The number of ether oxygens (including phenoxy) is 2. The van der Waals surface area contributed by atoms with Crippen LogP contribution < -0.4 is 10.5 Å². The minimum atomic E-state index is -1.78. The lowest BCUT2D eigenvalue weighted by molar-refractivity contribution is -0.136. The van der Waals surface area contributed by atoms with Crippen LogP contribution in [0.2, 0.25) is 0 Å². The number of benzene rings is 2. The maximum absolute atomic E-state index is 13.6. The van der Waals surface area contributed by atoms with Gasteiger partial charge in [0.15, 0.2) is 17.5 Å². The summed E-state index contributed by atoms with van der Waals surface area (Å²) in [7, 11) is 0. The van der Waals surface area contributed by atoms with Gasteiger partial charge in [0.25, 0.3) is 0 Å². The summed E-state index contributed by atoms with van der Waals surface area (Å²) < 4.78 is 65.4. The number of hydrogen-bond acceptors (Lipinski definition) is 6. The molecule has 0 aliphatic carbocycles. The molecule has 0 amide bonds. The smallest absolute Gasteiger partial charge is 0.313 e. The second kappa shape index (κ2) is 10.9. The molecule has 7 nitrogen and oxygen atoms in total. The first-order valence-electron chi connectivity index (χ1n) is 11.4. The monoisotopic (exact) mass is 504 g/mol. The van der Waals surface area contributed by atoms with Crippen molar-refractivity contribution in [3.63, 3.8) is 0 Å². The lowest BCUT2D eigenvalue weighted by Crippen LogP contribution is -2.15. The van der Waals surface area contributed by atoms with E-state index in [2.05, 4.69) is 21.7 Å². The van der Waals surface area contributed by atoms with Gasteiger partial charge in [-0.05, 0) is 30.5 Å². The third-order valence-corrected chi connectivity index (χ3v) is 5.61. The van der Waals surface area contributed by atoms with Crippen LogP contribution in [0.1, 0.15) is 31.7 Å². The molecule has 4 aromatic rings. The van der Waals surface area contributed by atoms with Crippen LogP contribution in [0, 0.1) is 23.3 Å². The Morgan fingerprint density at radius 1 is 1.06 bits per heavy atom. The number of nitrogens with zero attached hydrogens (tertiary/aromatic N) is 3. The Morgan fingerprint density at radius 2 is 1.81 bits per heavy atom. The van der Waals surface area contributed by atoms with Gasteiger partial charge in [0, 0.05) is 29.6 Å². The average molecular weight is 504 g/mol. The lowest BCUT2D eigenvalue weighted by atomic mass is 10.1. The molecule has 0 bridgehead atoms. The van der Waals surface area contributed by atoms with E-state index in [1.807, 2.05) is 29.1 Å². The summed E-state index contributed by atoms with van der Waals surface area (Å²) >= 11 is 0. The third kappa shape index (κ3) is 5.40. The number of esters is 1. The second-order valence-corrected chi connectivity index (χ2v) is 8.24. The van der Waals surface area contributed by atoms with E-state index in [9.17, 15) is 22.4 Å². The number of carbonyl (C=O) groups excluding carboxylic acids is 1. The number of carbonyl (C=O) groups is 1. The molecule has 36 heavy (non-hydrogen) atoms. The molecule has 0 atom stereocenters. The highest BCUT2D eigenvalue weighted by atomic mass is 19.2. The van der Waals surface area contributed by atoms with Crippen LogP contribution in [-0.4, -0.2) is 33.9 Å². The van der Waals surface area contributed by atoms with E-state index in [0.717, 1.165) is 41.2 Å². The number of rotatable bonds is 10. The molecule has 2 aromatic heterocycles. The first kappa shape index (κ1) is 25.4. The van der Waals surface area contributed by atoms with Gasteiger partial charge in [-0.3, -0.25) is 9.48 Å². The molecule has 0 unspecified atom stereocenters. The van der Waals surface area contributed by atoms with Crippen LogP contribution in [0.3, 0.4) is 0 Å². The zero-order valence-corrected chi connectivity index (χ0v) is 19.5. The number of unbranched alkanes of at least 4 members (excludes halogenated alkanes) is 1. The van der Waals surface area contributed by atoms with Crippen LogP contribution in [-0.2, 0) is 22.5 Å². The highest BCUT2D eigenvalue weighted by Gasteiger charge is 2.23. The molecule has 0 aliphatic rings. The van der Waals surface area contributed by atoms with E-state index in [-0.39, 0.29) is 25.7 Å². The van der Waals surface area contributed by atoms with Gasteiger partial charge in [0.05, 0.1) is 25.2 Å². The zero-order valence-electron chi connectivity index (χ0n) is 19.5. The van der Waals surface area contributed by atoms with Crippen LogP contribution in [0.15, 0.2) is 30.5 Å². The summed E-state index contributed by atoms with van der Waals surface area (Å²) in [5.74, 6) is -9.00. The lowest BCUT2D eigenvalue weighted by Gasteiger charge is -2.09. The molecule has 2 heterocycles. The number of aryl methyl sites for hydroxylation is 1. The van der Waals surface area contributed by atoms with Crippen molar-refractivity contribution in [2.24, 2.45) is 0 Å². The molecule has 11 heteroatoms. The summed E-state index contributed by atoms with van der Waals surface area (Å²) in [5, 5.41) is 6.38. The summed E-state index contributed by atoms with van der Waals surface area (Å²) in [6.45, 7) is 3.03. The number of nitrogens with two attached hydrogens (primary N) is 1. The molecular weight excluding hydrogens is 480 g/mol. The Labute approximate surface area is 203 Å². The maximum Gasteiger partial charge on any atom is 0.313 e. The molecule has 0 fully saturated rings. The van der Waals surface area contributed by atoms with Gasteiger partial charge in [-0.25, -0.2) is 13.8 Å². The predicted molar refractivity (Wildman–Crippen MR) is 125 cm³/mol. The SMILES string of the molecule is CCCCn1cc2c(n1)c(N)nc1ccc(CCOCCC(=O)Oc3c(F)c(F)cc(F)c3F)cc12. The summed E-state index contributed by atoms with van der Waals surface area (Å²) in [5.41, 5.74) is 8.45. The maximum atomic E-state index is 13.6. The number of pyridine rings is 1. The Morgan fingerprint density at radius 3 is 2.53 bits per heavy atom. The fourth-order valence-corrected chi connectivity index (χ4v) is 3.73. The summed E-state index contributed by atoms with van der Waals surface area (Å²) in [6.07, 6.45) is 4.16. The van der Waals surface area contributed by atoms with Gasteiger partial charge < -0.3 is 15.2 Å². The number of aromatic nitrogens is 3. The third-order valence-electron chi connectivity index (χ3n) is 5.61. The predicted octanol–water partition coefficient (Wildman–Crippen LogP) is 5.08. The highest BCUT2D eigenvalue weighted by Crippen LogP contribution is 2.29. The van der Waals surface area contributed by atoms with E-state index in [1.165, 1.54) is 0 Å². The quantitative estimate of drug-likeness (QED) is 0.107. The minimum Gasteiger partial charge on any atom is -0.420 e. The Hall–Kier alpha value is -3.73. The standard InChI is InChI=1S/C25H24F4N4O3/c1-2-3-8-33-13-16-15-11-14(4-5-19(15)31-25(30)23(16)32-33)6-9-35-10-7-20(34)36-24-21(28)17(26)12-18(27)22(24)29/h4-5,11-13H,2-3,6-10H2,1H3,(H2,30,31). The van der Waals surface area contributed by atoms with Crippen molar-refractivity contribution in [3.05, 3.63) is 59.3 Å². The van der Waals surface area contributed by atoms with Gasteiger partial charge in [-0.1, -0.05) is 19.4 Å². The molecule has 0 spiro atoms. The Kier molecular flexibility index (Phi) is 7.68. The van der Waals surface area contributed by atoms with Crippen molar-refractivity contribution < 1.29 is 31.8 Å². The van der Waals surface area contributed by atoms with Crippen LogP contribution >= 0.6 is 0 Å². The topological polar surface area (TPSA) is 92.3 Å². The van der Waals surface area contributed by atoms with Gasteiger partial charge in [0.2, 0.25) is 17.4 Å². The van der Waals surface area contributed by atoms with Crippen LogP contribution in [0.5, 0.6) is 5.75 Å². The number of halogens is 4. The van der Waals surface area contributed by atoms with Gasteiger partial charge in [-0.15, -0.1) is 0 Å². The molecular formula is C25H24F4N4O3. The van der Waals surface area contributed by atoms with Crippen molar-refractivity contribution in [3.8, 4) is 5.75 Å². The van der Waals surface area contributed by atoms with Crippen molar-refractivity contribution in [2.45, 2.75) is 39.2 Å². The van der Waals surface area contributed by atoms with E-state index in [4.69, 9.17) is 10.5 Å². The molecule has 0 saturated carbocycles. The van der Waals surface area contributed by atoms with Crippen LogP contribution in [0.4, 0.5) is 23.4 Å². The molecule has 0 saturated heterocycles. The fraction of sp³-hybridized carbons (Fsp3) is 0.320. The summed E-state index contributed by atoms with van der Waals surface area (Å²) in [4.78, 5) is 16.3. The summed E-state index contributed by atoms with van der Waals surface area (Å²) in [6, 6.07) is 5.77. The molecule has 190 valence electrons. The van der Waals surface area contributed by atoms with E-state index in [0.29, 0.717) is 17.8 Å².